The average Bonchev–Trinajstić information content (AvgIpc) is 3.45. The van der Waals surface area contributed by atoms with Crippen molar-refractivity contribution in [2.24, 2.45) is 5.92 Å². The van der Waals surface area contributed by atoms with Crippen molar-refractivity contribution < 1.29 is 14.3 Å². The van der Waals surface area contributed by atoms with Gasteiger partial charge in [0.15, 0.2) is 0 Å². The predicted molar refractivity (Wildman–Crippen MR) is 144 cm³/mol. The van der Waals surface area contributed by atoms with Gasteiger partial charge in [-0.05, 0) is 44.1 Å². The van der Waals surface area contributed by atoms with Crippen LogP contribution in [0.3, 0.4) is 0 Å². The smallest absolute Gasteiger partial charge is 0.407 e. The number of methoxy groups -OCH3 is 1. The summed E-state index contributed by atoms with van der Waals surface area (Å²) >= 11 is 0. The van der Waals surface area contributed by atoms with E-state index in [2.05, 4.69) is 33.1 Å². The normalized spacial score (nSPS) is 15.7. The van der Waals surface area contributed by atoms with Crippen LogP contribution in [0.25, 0.3) is 28.0 Å². The van der Waals surface area contributed by atoms with Crippen molar-refractivity contribution in [3.8, 4) is 34.5 Å². The van der Waals surface area contributed by atoms with Crippen molar-refractivity contribution in [2.45, 2.75) is 19.4 Å². The lowest BCUT2D eigenvalue weighted by Gasteiger charge is -2.29. The number of likely N-dealkylation sites (tertiary alicyclic amines) is 1. The number of amides is 1. The molecule has 38 heavy (non-hydrogen) atoms. The summed E-state index contributed by atoms with van der Waals surface area (Å²) in [4.78, 5) is 23.2. The maximum absolute atomic E-state index is 11.5. The van der Waals surface area contributed by atoms with Crippen LogP contribution in [0.1, 0.15) is 24.0 Å². The van der Waals surface area contributed by atoms with Crippen LogP contribution in [0.2, 0.25) is 0 Å². The fourth-order valence-electron chi connectivity index (χ4n) is 4.88. The first-order valence-electron chi connectivity index (χ1n) is 12.6. The van der Waals surface area contributed by atoms with Gasteiger partial charge in [0.05, 0.1) is 49.3 Å². The molecule has 0 unspecified atom stereocenters. The number of carbonyl (C=O) groups is 1. The monoisotopic (exact) mass is 510 g/mol. The summed E-state index contributed by atoms with van der Waals surface area (Å²) in [5.41, 5.74) is 5.70. The van der Waals surface area contributed by atoms with Gasteiger partial charge in [0.1, 0.15) is 5.52 Å². The van der Waals surface area contributed by atoms with E-state index < -0.39 is 6.09 Å². The molecule has 0 radical (unpaired) electrons. The maximum atomic E-state index is 11.5. The summed E-state index contributed by atoms with van der Waals surface area (Å²) < 4.78 is 13.0. The second kappa shape index (κ2) is 11.3. The number of hydrogen-bond acceptors (Lipinski definition) is 7. The van der Waals surface area contributed by atoms with E-state index in [-0.39, 0.29) is 0 Å². The Labute approximate surface area is 221 Å². The molecular formula is C29H30N6O3. The molecule has 194 valence electrons. The molecule has 9 nitrogen and oxygen atoms in total. The number of fused-ring (bicyclic) bond motifs is 1. The van der Waals surface area contributed by atoms with E-state index in [1.165, 1.54) is 13.5 Å². The Bertz CT molecular complexity index is 1460. The van der Waals surface area contributed by atoms with Gasteiger partial charge < -0.3 is 19.7 Å². The van der Waals surface area contributed by atoms with Crippen LogP contribution in [0, 0.1) is 17.2 Å². The van der Waals surface area contributed by atoms with Crippen molar-refractivity contribution in [1.29, 1.82) is 5.26 Å². The lowest BCUT2D eigenvalue weighted by Crippen LogP contribution is -2.34. The van der Waals surface area contributed by atoms with E-state index in [4.69, 9.17) is 9.72 Å². The second-order valence-electron chi connectivity index (χ2n) is 9.58. The van der Waals surface area contributed by atoms with E-state index in [0.717, 1.165) is 53.1 Å². The van der Waals surface area contributed by atoms with Crippen LogP contribution in [0.4, 0.5) is 4.79 Å². The Balaban J connectivity index is 1.54. The van der Waals surface area contributed by atoms with Gasteiger partial charge in [-0.15, -0.1) is 0 Å². The number of rotatable bonds is 7. The quantitative estimate of drug-likeness (QED) is 0.390. The molecule has 9 heteroatoms. The molecule has 0 spiro atoms. The number of imidazole rings is 1. The van der Waals surface area contributed by atoms with Crippen LogP contribution in [0.15, 0.2) is 61.1 Å². The second-order valence-corrected chi connectivity index (χ2v) is 9.58. The van der Waals surface area contributed by atoms with Crippen LogP contribution < -0.4 is 10.1 Å². The summed E-state index contributed by atoms with van der Waals surface area (Å²) in [7, 11) is 3.49. The predicted octanol–water partition coefficient (Wildman–Crippen LogP) is 4.51. The first-order chi connectivity index (χ1) is 18.6. The van der Waals surface area contributed by atoms with Crippen LogP contribution in [-0.4, -0.2) is 59.2 Å². The van der Waals surface area contributed by atoms with Gasteiger partial charge in [-0.3, -0.25) is 4.40 Å². The molecule has 1 aliphatic rings. The molecule has 1 atom stereocenters. The van der Waals surface area contributed by atoms with Gasteiger partial charge >= 0.3 is 6.09 Å². The minimum atomic E-state index is -0.475. The number of aromatic nitrogens is 3. The lowest BCUT2D eigenvalue weighted by atomic mass is 9.99. The SMILES string of the molecule is COC(=O)NCc1ccc(-c2c(-c3ccc(C#N)cc3)nc(OC[C@@H]3CCCN(C)C3)c3cncn23)cc1. The Morgan fingerprint density at radius 1 is 1.16 bits per heavy atom. The van der Waals surface area contributed by atoms with E-state index in [0.29, 0.717) is 30.5 Å². The summed E-state index contributed by atoms with van der Waals surface area (Å²) in [6.07, 6.45) is 5.37. The third-order valence-electron chi connectivity index (χ3n) is 6.85. The Hall–Kier alpha value is -4.42. The molecular weight excluding hydrogens is 480 g/mol. The first kappa shape index (κ1) is 25.2. The zero-order valence-electron chi connectivity index (χ0n) is 21.6. The van der Waals surface area contributed by atoms with Gasteiger partial charge in [0.2, 0.25) is 5.88 Å². The Morgan fingerprint density at radius 3 is 2.63 bits per heavy atom. The van der Waals surface area contributed by atoms with Crippen molar-refractivity contribution in [3.05, 3.63) is 72.2 Å². The van der Waals surface area contributed by atoms with Crippen LogP contribution >= 0.6 is 0 Å². The van der Waals surface area contributed by atoms with E-state index in [1.54, 1.807) is 24.7 Å². The number of nitriles is 1. The number of piperidine rings is 1. The maximum Gasteiger partial charge on any atom is 0.407 e. The van der Waals surface area contributed by atoms with Crippen molar-refractivity contribution >= 4 is 11.6 Å². The number of nitrogens with one attached hydrogen (secondary N) is 1. The number of nitrogens with zero attached hydrogens (tertiary/aromatic N) is 5. The number of benzene rings is 2. The topological polar surface area (TPSA) is 105 Å². The fraction of sp³-hybridized carbons (Fsp3) is 0.310. The van der Waals surface area contributed by atoms with Gasteiger partial charge in [-0.25, -0.2) is 14.8 Å². The molecule has 2 aromatic carbocycles. The summed E-state index contributed by atoms with van der Waals surface area (Å²) in [5.74, 6) is 0.987. The van der Waals surface area contributed by atoms with Gasteiger partial charge in [-0.2, -0.15) is 5.26 Å². The average molecular weight is 511 g/mol. The van der Waals surface area contributed by atoms with E-state index in [9.17, 15) is 10.1 Å². The van der Waals surface area contributed by atoms with Gasteiger partial charge in [-0.1, -0.05) is 36.4 Å². The third-order valence-corrected chi connectivity index (χ3v) is 6.85. The molecule has 5 rings (SSSR count). The van der Waals surface area contributed by atoms with Gasteiger partial charge in [0.25, 0.3) is 0 Å². The molecule has 1 amide bonds. The zero-order chi connectivity index (χ0) is 26.5. The molecule has 2 aromatic heterocycles. The molecule has 4 aromatic rings. The minimum Gasteiger partial charge on any atom is -0.476 e. The van der Waals surface area contributed by atoms with Crippen molar-refractivity contribution in [2.75, 3.05) is 33.9 Å². The summed E-state index contributed by atoms with van der Waals surface area (Å²) in [6.45, 7) is 3.08. The number of hydrogen-bond donors (Lipinski definition) is 1. The zero-order valence-corrected chi connectivity index (χ0v) is 21.6. The lowest BCUT2D eigenvalue weighted by molar-refractivity contribution is 0.148. The first-order valence-corrected chi connectivity index (χ1v) is 12.6. The number of ether oxygens (including phenoxy) is 2. The van der Waals surface area contributed by atoms with Crippen molar-refractivity contribution in [1.82, 2.24) is 24.6 Å². The highest BCUT2D eigenvalue weighted by atomic mass is 16.5. The van der Waals surface area contributed by atoms with Gasteiger partial charge in [0, 0.05) is 30.1 Å². The molecule has 0 bridgehead atoms. The molecule has 0 aliphatic carbocycles. The van der Waals surface area contributed by atoms with Crippen LogP contribution in [0.5, 0.6) is 5.88 Å². The third kappa shape index (κ3) is 5.45. The standard InChI is InChI=1S/C29H30N6O3/c1-34-13-3-4-22(17-34)18-38-28-25-16-31-19-35(25)27(26(33-28)23-9-5-20(14-30)6-10-23)24-11-7-21(8-12-24)15-32-29(36)37-2/h5-12,16,19,22H,3-4,13,15,17-18H2,1-2H3,(H,32,36)/t22-/m1/s1. The van der Waals surface area contributed by atoms with Crippen LogP contribution in [-0.2, 0) is 11.3 Å². The van der Waals surface area contributed by atoms with E-state index in [1.807, 2.05) is 40.8 Å². The fourth-order valence-corrected chi connectivity index (χ4v) is 4.88. The molecule has 1 N–H and O–H groups in total. The molecule has 1 saturated heterocycles. The molecule has 1 fully saturated rings. The Kier molecular flexibility index (Phi) is 7.52. The highest BCUT2D eigenvalue weighted by Crippen LogP contribution is 2.35. The molecule has 0 saturated carbocycles. The van der Waals surface area contributed by atoms with E-state index >= 15 is 0 Å². The molecule has 1 aliphatic heterocycles. The Morgan fingerprint density at radius 2 is 1.92 bits per heavy atom. The number of alkyl carbamates (subject to hydrolysis) is 1. The summed E-state index contributed by atoms with van der Waals surface area (Å²) in [6, 6.07) is 17.5. The number of carbonyl (C=O) groups excluding carboxylic acids is 1. The molecule has 3 heterocycles. The highest BCUT2D eigenvalue weighted by Gasteiger charge is 2.22. The van der Waals surface area contributed by atoms with Crippen molar-refractivity contribution in [3.63, 3.8) is 0 Å². The summed E-state index contributed by atoms with van der Waals surface area (Å²) in [5, 5.41) is 12.0. The highest BCUT2D eigenvalue weighted by molar-refractivity contribution is 5.82. The largest absolute Gasteiger partial charge is 0.476 e. The minimum absolute atomic E-state index is 0.358.